The Morgan fingerprint density at radius 2 is 2.32 bits per heavy atom. The number of rotatable bonds is 7. The number of carbonyl (C=O) groups excluding carboxylic acids is 1. The summed E-state index contributed by atoms with van der Waals surface area (Å²) in [5.74, 6) is -0.592. The molecule has 1 aromatic rings. The zero-order chi connectivity index (χ0) is 18.6. The molecule has 4 N–H and O–H groups in total. The molecule has 1 saturated heterocycles. The number of hydrogen-bond donors (Lipinski definition) is 3. The Balaban J connectivity index is 2.13. The smallest absolute Gasteiger partial charge is 0.272 e. The minimum Gasteiger partial charge on any atom is -0.397 e. The zero-order valence-electron chi connectivity index (χ0n) is 14.3. The highest BCUT2D eigenvalue weighted by Crippen LogP contribution is 2.26. The molecule has 0 radical (unpaired) electrons. The minimum atomic E-state index is -3.68. The van der Waals surface area contributed by atoms with E-state index in [1.165, 1.54) is 17.5 Å². The number of pyridine rings is 1. The molecule has 1 unspecified atom stereocenters. The number of anilines is 1. The highest BCUT2D eigenvalue weighted by Gasteiger charge is 2.33. The monoisotopic (exact) mass is 372 g/mol. The van der Waals surface area contributed by atoms with Crippen molar-refractivity contribution in [1.29, 1.82) is 0 Å². The molecule has 1 aliphatic heterocycles. The minimum absolute atomic E-state index is 0.0286. The molecule has 1 aliphatic rings. The number of nitrogen functional groups attached to an aromatic ring is 1. The second-order valence-electron chi connectivity index (χ2n) is 6.04. The fraction of sp³-hybridized carbons (Fsp3) is 0.600. The van der Waals surface area contributed by atoms with Crippen LogP contribution in [-0.2, 0) is 14.8 Å². The Bertz CT molecular complexity index is 725. The van der Waals surface area contributed by atoms with E-state index in [1.807, 2.05) is 6.92 Å². The summed E-state index contributed by atoms with van der Waals surface area (Å²) in [6.07, 6.45) is 1.91. The van der Waals surface area contributed by atoms with Crippen LogP contribution in [0.25, 0.3) is 0 Å². The van der Waals surface area contributed by atoms with Crippen LogP contribution in [-0.4, -0.2) is 67.7 Å². The first-order valence-electron chi connectivity index (χ1n) is 8.00. The molecule has 10 heteroatoms. The largest absolute Gasteiger partial charge is 0.397 e. The van der Waals surface area contributed by atoms with E-state index in [2.05, 4.69) is 10.3 Å². The maximum atomic E-state index is 12.6. The number of hydrogen-bond acceptors (Lipinski definition) is 7. The Labute approximate surface area is 147 Å². The Kier molecular flexibility index (Phi) is 6.33. The van der Waals surface area contributed by atoms with Gasteiger partial charge in [0.1, 0.15) is 4.90 Å². The summed E-state index contributed by atoms with van der Waals surface area (Å²) in [4.78, 5) is 16.0. The molecule has 0 saturated carbocycles. The number of aliphatic hydroxyl groups is 1. The van der Waals surface area contributed by atoms with Crippen molar-refractivity contribution in [2.24, 2.45) is 0 Å². The molecule has 25 heavy (non-hydrogen) atoms. The lowest BCUT2D eigenvalue weighted by Gasteiger charge is -2.21. The third-order valence-corrected chi connectivity index (χ3v) is 6.04. The first-order valence-corrected chi connectivity index (χ1v) is 9.44. The Hall–Kier alpha value is -1.75. The van der Waals surface area contributed by atoms with E-state index < -0.39 is 22.0 Å². The van der Waals surface area contributed by atoms with Gasteiger partial charge in [0.25, 0.3) is 5.91 Å². The van der Waals surface area contributed by atoms with Crippen molar-refractivity contribution >= 4 is 21.6 Å². The van der Waals surface area contributed by atoms with Crippen LogP contribution in [0.15, 0.2) is 17.2 Å². The van der Waals surface area contributed by atoms with Crippen molar-refractivity contribution in [3.8, 4) is 0 Å². The number of aromatic nitrogens is 1. The van der Waals surface area contributed by atoms with Crippen LogP contribution in [0.1, 0.15) is 30.3 Å². The summed E-state index contributed by atoms with van der Waals surface area (Å²) < 4.78 is 31.5. The molecule has 0 spiro atoms. The molecule has 140 valence electrons. The Morgan fingerprint density at radius 1 is 1.60 bits per heavy atom. The van der Waals surface area contributed by atoms with E-state index in [-0.39, 0.29) is 35.5 Å². The van der Waals surface area contributed by atoms with Crippen LogP contribution in [0.3, 0.4) is 0 Å². The van der Waals surface area contributed by atoms with Crippen molar-refractivity contribution in [3.05, 3.63) is 18.0 Å². The second-order valence-corrected chi connectivity index (χ2v) is 7.93. The molecular weight excluding hydrogens is 348 g/mol. The van der Waals surface area contributed by atoms with E-state index in [4.69, 9.17) is 10.5 Å². The van der Waals surface area contributed by atoms with Gasteiger partial charge in [0.15, 0.2) is 5.69 Å². The van der Waals surface area contributed by atoms with Gasteiger partial charge in [0.2, 0.25) is 10.0 Å². The van der Waals surface area contributed by atoms with Gasteiger partial charge in [-0.25, -0.2) is 13.4 Å². The summed E-state index contributed by atoms with van der Waals surface area (Å²) in [7, 11) is -2.25. The molecule has 0 aliphatic carbocycles. The SMILES string of the molecule is COCC(O)CNC(=O)c1ncc(S(=O)(=O)N2CCC[C@@H]2C)cc1N. The average molecular weight is 372 g/mol. The third-order valence-electron chi connectivity index (χ3n) is 4.06. The lowest BCUT2D eigenvalue weighted by atomic mass is 10.2. The van der Waals surface area contributed by atoms with Crippen molar-refractivity contribution in [2.75, 3.05) is 32.5 Å². The normalized spacial score (nSPS) is 19.7. The maximum absolute atomic E-state index is 12.6. The summed E-state index contributed by atoms with van der Waals surface area (Å²) >= 11 is 0. The van der Waals surface area contributed by atoms with Gasteiger partial charge >= 0.3 is 0 Å². The molecule has 2 heterocycles. The zero-order valence-corrected chi connectivity index (χ0v) is 15.1. The van der Waals surface area contributed by atoms with Gasteiger partial charge in [-0.05, 0) is 25.8 Å². The van der Waals surface area contributed by atoms with Gasteiger partial charge in [-0.15, -0.1) is 0 Å². The topological polar surface area (TPSA) is 135 Å². The molecular formula is C15H24N4O5S. The van der Waals surface area contributed by atoms with E-state index in [9.17, 15) is 18.3 Å². The van der Waals surface area contributed by atoms with Gasteiger partial charge in [-0.3, -0.25) is 4.79 Å². The van der Waals surface area contributed by atoms with Gasteiger partial charge in [0.05, 0.1) is 18.4 Å². The predicted molar refractivity (Wildman–Crippen MR) is 91.5 cm³/mol. The predicted octanol–water partition coefficient (Wildman–Crippen LogP) is -0.426. The number of ether oxygens (including phenoxy) is 1. The van der Waals surface area contributed by atoms with Crippen molar-refractivity contribution < 1.29 is 23.1 Å². The van der Waals surface area contributed by atoms with Crippen LogP contribution in [0.2, 0.25) is 0 Å². The first kappa shape index (κ1) is 19.6. The molecule has 0 aromatic carbocycles. The summed E-state index contributed by atoms with van der Waals surface area (Å²) in [5, 5.41) is 12.0. The average Bonchev–Trinajstić information content (AvgIpc) is 2.99. The quantitative estimate of drug-likeness (QED) is 0.591. The lowest BCUT2D eigenvalue weighted by molar-refractivity contribution is 0.0609. The second kappa shape index (κ2) is 8.09. The summed E-state index contributed by atoms with van der Waals surface area (Å²) in [6.45, 7) is 2.37. The number of nitrogens with two attached hydrogens (primary N) is 1. The van der Waals surface area contributed by atoms with E-state index in [0.29, 0.717) is 6.54 Å². The van der Waals surface area contributed by atoms with Crippen molar-refractivity contribution in [3.63, 3.8) is 0 Å². The molecule has 2 rings (SSSR count). The van der Waals surface area contributed by atoms with Crippen molar-refractivity contribution in [1.82, 2.24) is 14.6 Å². The molecule has 1 fully saturated rings. The number of nitrogens with one attached hydrogen (secondary N) is 1. The third kappa shape index (κ3) is 4.46. The van der Waals surface area contributed by atoms with Crippen LogP contribution >= 0.6 is 0 Å². The number of aliphatic hydroxyl groups excluding tert-OH is 1. The number of methoxy groups -OCH3 is 1. The number of carbonyl (C=O) groups is 1. The standard InChI is InChI=1S/C15H24N4O5S/c1-10-4-3-5-19(10)25(22,23)12-6-13(16)14(17-8-12)15(21)18-7-11(20)9-24-2/h6,8,10-11,20H,3-5,7,9,16H2,1-2H3,(H,18,21)/t10-,11?/m0/s1. The lowest BCUT2D eigenvalue weighted by Crippen LogP contribution is -2.35. The van der Waals surface area contributed by atoms with E-state index in [0.717, 1.165) is 19.0 Å². The van der Waals surface area contributed by atoms with Crippen LogP contribution < -0.4 is 11.1 Å². The van der Waals surface area contributed by atoms with Gasteiger partial charge in [-0.2, -0.15) is 4.31 Å². The number of nitrogens with zero attached hydrogens (tertiary/aromatic N) is 2. The number of sulfonamides is 1. The highest BCUT2D eigenvalue weighted by molar-refractivity contribution is 7.89. The molecule has 1 amide bonds. The van der Waals surface area contributed by atoms with Crippen LogP contribution in [0.4, 0.5) is 5.69 Å². The summed E-state index contributed by atoms with van der Waals surface area (Å²) in [6, 6.07) is 1.17. The van der Waals surface area contributed by atoms with Gasteiger partial charge in [0, 0.05) is 32.4 Å². The molecule has 1 aromatic heterocycles. The van der Waals surface area contributed by atoms with Gasteiger partial charge in [-0.1, -0.05) is 0 Å². The molecule has 0 bridgehead atoms. The van der Waals surface area contributed by atoms with Crippen LogP contribution in [0.5, 0.6) is 0 Å². The molecule has 9 nitrogen and oxygen atoms in total. The number of amides is 1. The fourth-order valence-electron chi connectivity index (χ4n) is 2.74. The first-order chi connectivity index (χ1) is 11.8. The maximum Gasteiger partial charge on any atom is 0.272 e. The fourth-order valence-corrected chi connectivity index (χ4v) is 4.42. The van der Waals surface area contributed by atoms with E-state index >= 15 is 0 Å². The van der Waals surface area contributed by atoms with E-state index in [1.54, 1.807) is 0 Å². The van der Waals surface area contributed by atoms with Crippen molar-refractivity contribution in [2.45, 2.75) is 36.8 Å². The highest BCUT2D eigenvalue weighted by atomic mass is 32.2. The van der Waals surface area contributed by atoms with Crippen LogP contribution in [0, 0.1) is 0 Å². The summed E-state index contributed by atoms with van der Waals surface area (Å²) in [5.41, 5.74) is 5.70. The van der Waals surface area contributed by atoms with Gasteiger partial charge < -0.3 is 20.9 Å². The Morgan fingerprint density at radius 3 is 2.88 bits per heavy atom. The molecule has 2 atom stereocenters.